The van der Waals surface area contributed by atoms with Crippen molar-refractivity contribution in [3.8, 4) is 23.3 Å². The van der Waals surface area contributed by atoms with Crippen LogP contribution in [-0.2, 0) is 4.79 Å². The Morgan fingerprint density at radius 2 is 1.93 bits per heavy atom. The summed E-state index contributed by atoms with van der Waals surface area (Å²) in [6, 6.07) is 11.8. The maximum absolute atomic E-state index is 12.4. The molecule has 0 aliphatic heterocycles. The van der Waals surface area contributed by atoms with E-state index in [9.17, 15) is 18.0 Å². The largest absolute Gasteiger partial charge is 0.573 e. The monoisotopic (exact) mass is 392 g/mol. The maximum atomic E-state index is 12.4. The van der Waals surface area contributed by atoms with Crippen LogP contribution in [0.1, 0.15) is 5.56 Å². The van der Waals surface area contributed by atoms with Gasteiger partial charge in [0, 0.05) is 6.08 Å². The zero-order valence-electron chi connectivity index (χ0n) is 14.6. The number of rotatable bonds is 7. The maximum Gasteiger partial charge on any atom is 0.573 e. The lowest BCUT2D eigenvalue weighted by Gasteiger charge is -2.13. The van der Waals surface area contributed by atoms with Crippen LogP contribution in [0.15, 0.2) is 48.5 Å². The highest BCUT2D eigenvalue weighted by Crippen LogP contribution is 2.30. The van der Waals surface area contributed by atoms with E-state index in [0.717, 1.165) is 12.1 Å². The summed E-state index contributed by atoms with van der Waals surface area (Å²) in [5.41, 5.74) is 0.462. The fraction of sp³-hybridized carbons (Fsp3) is 0.158. The molecule has 0 aliphatic carbocycles. The third-order valence-corrected chi connectivity index (χ3v) is 3.28. The van der Waals surface area contributed by atoms with Crippen molar-refractivity contribution in [3.63, 3.8) is 0 Å². The second-order valence-electron chi connectivity index (χ2n) is 5.22. The number of anilines is 1. The van der Waals surface area contributed by atoms with Gasteiger partial charge in [0.1, 0.15) is 6.07 Å². The van der Waals surface area contributed by atoms with E-state index < -0.39 is 18.0 Å². The summed E-state index contributed by atoms with van der Waals surface area (Å²) in [6.45, 7) is -0.145. The van der Waals surface area contributed by atoms with Crippen LogP contribution < -0.4 is 19.5 Å². The third-order valence-electron chi connectivity index (χ3n) is 3.28. The molecule has 0 radical (unpaired) electrons. The quantitative estimate of drug-likeness (QED) is 0.716. The average Bonchev–Trinajstić information content (AvgIpc) is 2.65. The summed E-state index contributed by atoms with van der Waals surface area (Å²) < 4.78 is 51.5. The molecule has 6 nitrogen and oxygen atoms in total. The number of amides is 1. The van der Waals surface area contributed by atoms with Crippen molar-refractivity contribution in [3.05, 3.63) is 54.1 Å². The molecule has 9 heteroatoms. The Kier molecular flexibility index (Phi) is 6.87. The van der Waals surface area contributed by atoms with Crippen molar-refractivity contribution in [2.75, 3.05) is 19.0 Å². The molecule has 0 spiro atoms. The van der Waals surface area contributed by atoms with Crippen molar-refractivity contribution >= 4 is 17.7 Å². The molecule has 0 aliphatic rings. The molecule has 0 atom stereocenters. The first kappa shape index (κ1) is 20.6. The standard InChI is InChI=1S/C19H15F3N2O4/c1-26-17-12-13(6-8-16(17)27-11-10-23)7-9-18(25)24-14-4-2-3-5-15(14)28-19(20,21)22/h2-9,12H,11H2,1H3,(H,24,25)/b9-7+. The van der Waals surface area contributed by atoms with Crippen molar-refractivity contribution in [2.45, 2.75) is 6.36 Å². The number of para-hydroxylation sites is 2. The highest BCUT2D eigenvalue weighted by molar-refractivity contribution is 6.02. The molecule has 0 unspecified atom stereocenters. The minimum atomic E-state index is -4.87. The van der Waals surface area contributed by atoms with Gasteiger partial charge in [-0.1, -0.05) is 18.2 Å². The number of carbonyl (C=O) groups excluding carboxylic acids is 1. The molecule has 0 saturated heterocycles. The zero-order chi connectivity index (χ0) is 20.6. The highest BCUT2D eigenvalue weighted by Gasteiger charge is 2.32. The summed E-state index contributed by atoms with van der Waals surface area (Å²) in [5, 5.41) is 10.9. The molecule has 2 rings (SSSR count). The van der Waals surface area contributed by atoms with Crippen LogP contribution in [0.3, 0.4) is 0 Å². The molecular formula is C19H15F3N2O4. The van der Waals surface area contributed by atoms with Gasteiger partial charge in [0.15, 0.2) is 23.9 Å². The molecule has 1 amide bonds. The number of hydrogen-bond donors (Lipinski definition) is 1. The molecule has 2 aromatic carbocycles. The topological polar surface area (TPSA) is 80.6 Å². The fourth-order valence-electron chi connectivity index (χ4n) is 2.15. The molecule has 1 N–H and O–H groups in total. The van der Waals surface area contributed by atoms with Crippen LogP contribution in [0.2, 0.25) is 0 Å². The highest BCUT2D eigenvalue weighted by atomic mass is 19.4. The van der Waals surface area contributed by atoms with E-state index in [2.05, 4.69) is 10.1 Å². The Morgan fingerprint density at radius 1 is 1.18 bits per heavy atom. The number of alkyl halides is 3. The normalized spacial score (nSPS) is 11.0. The number of nitrogens with zero attached hydrogens (tertiary/aromatic N) is 1. The Bertz CT molecular complexity index is 905. The molecule has 0 saturated carbocycles. The summed E-state index contributed by atoms with van der Waals surface area (Å²) in [6.07, 6.45) is -2.28. The van der Waals surface area contributed by atoms with Gasteiger partial charge in [-0.25, -0.2) is 0 Å². The van der Waals surface area contributed by atoms with Crippen LogP contribution in [0.5, 0.6) is 17.2 Å². The van der Waals surface area contributed by atoms with Gasteiger partial charge in [0.25, 0.3) is 0 Å². The Morgan fingerprint density at radius 3 is 2.61 bits per heavy atom. The van der Waals surface area contributed by atoms with Gasteiger partial charge in [-0.2, -0.15) is 5.26 Å². The van der Waals surface area contributed by atoms with Crippen molar-refractivity contribution in [1.29, 1.82) is 5.26 Å². The number of benzene rings is 2. The van der Waals surface area contributed by atoms with Crippen LogP contribution in [0, 0.1) is 11.3 Å². The molecule has 0 aromatic heterocycles. The van der Waals surface area contributed by atoms with Gasteiger partial charge in [0.2, 0.25) is 5.91 Å². The van der Waals surface area contributed by atoms with Crippen molar-refractivity contribution in [2.24, 2.45) is 0 Å². The van der Waals surface area contributed by atoms with Crippen LogP contribution >= 0.6 is 0 Å². The lowest BCUT2D eigenvalue weighted by atomic mass is 10.2. The van der Waals surface area contributed by atoms with Gasteiger partial charge in [0.05, 0.1) is 12.8 Å². The molecule has 0 bridgehead atoms. The lowest BCUT2D eigenvalue weighted by molar-refractivity contribution is -0.274. The van der Waals surface area contributed by atoms with Gasteiger partial charge < -0.3 is 19.5 Å². The van der Waals surface area contributed by atoms with Gasteiger partial charge in [-0.15, -0.1) is 13.2 Å². The number of nitriles is 1. The predicted molar refractivity (Wildman–Crippen MR) is 94.9 cm³/mol. The number of hydrogen-bond acceptors (Lipinski definition) is 5. The fourth-order valence-corrected chi connectivity index (χ4v) is 2.15. The van der Waals surface area contributed by atoms with E-state index in [1.807, 2.05) is 6.07 Å². The van der Waals surface area contributed by atoms with E-state index in [1.54, 1.807) is 18.2 Å². The summed E-state index contributed by atoms with van der Waals surface area (Å²) >= 11 is 0. The van der Waals surface area contributed by atoms with E-state index in [1.165, 1.54) is 31.4 Å². The Hall–Kier alpha value is -3.67. The minimum absolute atomic E-state index is 0.118. The Labute approximate surface area is 158 Å². The number of nitrogens with one attached hydrogen (secondary N) is 1. The molecule has 0 heterocycles. The summed E-state index contributed by atoms with van der Waals surface area (Å²) in [4.78, 5) is 12.0. The third kappa shape index (κ3) is 6.25. The van der Waals surface area contributed by atoms with E-state index >= 15 is 0 Å². The molecule has 28 heavy (non-hydrogen) atoms. The first-order valence-corrected chi connectivity index (χ1v) is 7.84. The van der Waals surface area contributed by atoms with Gasteiger partial charge in [-0.05, 0) is 35.9 Å². The molecule has 146 valence electrons. The second kappa shape index (κ2) is 9.32. The number of carbonyl (C=O) groups is 1. The van der Waals surface area contributed by atoms with Gasteiger partial charge >= 0.3 is 6.36 Å². The van der Waals surface area contributed by atoms with E-state index in [0.29, 0.717) is 17.1 Å². The summed E-state index contributed by atoms with van der Waals surface area (Å²) in [7, 11) is 1.42. The zero-order valence-corrected chi connectivity index (χ0v) is 14.6. The Balaban J connectivity index is 2.10. The number of halogens is 3. The minimum Gasteiger partial charge on any atom is -0.493 e. The molecule has 0 fully saturated rings. The van der Waals surface area contributed by atoms with E-state index in [-0.39, 0.29) is 12.3 Å². The smallest absolute Gasteiger partial charge is 0.493 e. The second-order valence-corrected chi connectivity index (χ2v) is 5.22. The van der Waals surface area contributed by atoms with Crippen molar-refractivity contribution in [1.82, 2.24) is 0 Å². The number of ether oxygens (including phenoxy) is 3. The van der Waals surface area contributed by atoms with Crippen molar-refractivity contribution < 1.29 is 32.2 Å². The van der Waals surface area contributed by atoms with Crippen LogP contribution in [-0.4, -0.2) is 26.0 Å². The number of methoxy groups -OCH3 is 1. The first-order valence-electron chi connectivity index (χ1n) is 7.84. The lowest BCUT2D eigenvalue weighted by Crippen LogP contribution is -2.19. The SMILES string of the molecule is COc1cc(/C=C/C(=O)Nc2ccccc2OC(F)(F)F)ccc1OCC#N. The first-order chi connectivity index (χ1) is 13.3. The molecule has 2 aromatic rings. The van der Waals surface area contributed by atoms with Crippen LogP contribution in [0.4, 0.5) is 18.9 Å². The van der Waals surface area contributed by atoms with Gasteiger partial charge in [-0.3, -0.25) is 4.79 Å². The average molecular weight is 392 g/mol. The van der Waals surface area contributed by atoms with E-state index in [4.69, 9.17) is 14.7 Å². The molecular weight excluding hydrogens is 377 g/mol. The summed E-state index contributed by atoms with van der Waals surface area (Å²) in [5.74, 6) is -0.440. The predicted octanol–water partition coefficient (Wildman–Crippen LogP) is 4.15. The van der Waals surface area contributed by atoms with Crippen LogP contribution in [0.25, 0.3) is 6.08 Å².